The molecule has 178 valence electrons. The van der Waals surface area contributed by atoms with Gasteiger partial charge in [0.2, 0.25) is 0 Å². The number of hydrogen-bond acceptors (Lipinski definition) is 7. The highest BCUT2D eigenvalue weighted by atomic mass is 32.2. The van der Waals surface area contributed by atoms with Crippen molar-refractivity contribution >= 4 is 40.1 Å². The topological polar surface area (TPSA) is 93.2 Å². The second-order valence-corrected chi connectivity index (χ2v) is 9.44. The van der Waals surface area contributed by atoms with Crippen molar-refractivity contribution in [2.75, 3.05) is 19.1 Å². The van der Waals surface area contributed by atoms with Gasteiger partial charge in [0.15, 0.2) is 22.4 Å². The third-order valence-corrected chi connectivity index (χ3v) is 7.51. The van der Waals surface area contributed by atoms with Crippen molar-refractivity contribution in [2.45, 2.75) is 20.4 Å². The summed E-state index contributed by atoms with van der Waals surface area (Å²) in [5.41, 5.74) is 1.87. The molecule has 1 unspecified atom stereocenters. The minimum absolute atomic E-state index is 0.0428. The summed E-state index contributed by atoms with van der Waals surface area (Å²) in [7, 11) is 3.00. The molecule has 0 N–H and O–H groups in total. The van der Waals surface area contributed by atoms with E-state index in [0.717, 1.165) is 15.4 Å². The zero-order valence-electron chi connectivity index (χ0n) is 19.6. The van der Waals surface area contributed by atoms with Gasteiger partial charge in [0.1, 0.15) is 17.9 Å². The van der Waals surface area contributed by atoms with Gasteiger partial charge in [0.05, 0.1) is 19.9 Å². The van der Waals surface area contributed by atoms with E-state index in [1.54, 1.807) is 42.6 Å². The maximum Gasteiger partial charge on any atom is 0.507 e. The number of hydrogen-bond donors (Lipinski definition) is 0. The van der Waals surface area contributed by atoms with E-state index in [-0.39, 0.29) is 18.0 Å². The van der Waals surface area contributed by atoms with E-state index in [4.69, 9.17) is 9.47 Å². The minimum Gasteiger partial charge on any atom is -0.497 e. The summed E-state index contributed by atoms with van der Waals surface area (Å²) in [5.74, 6) is -0.0829. The third kappa shape index (κ3) is 3.70. The van der Waals surface area contributed by atoms with Crippen LogP contribution in [0.15, 0.2) is 63.9 Å². The van der Waals surface area contributed by atoms with Gasteiger partial charge in [-0.1, -0.05) is 17.8 Å². The molecule has 3 amide bonds. The highest BCUT2D eigenvalue weighted by Crippen LogP contribution is 2.43. The molecule has 0 saturated heterocycles. The van der Waals surface area contributed by atoms with Crippen LogP contribution in [0.5, 0.6) is 11.5 Å². The Hall–Kier alpha value is -3.92. The fraction of sp³-hybridized carbons (Fsp3) is 0.240. The molecule has 1 aromatic carbocycles. The maximum absolute atomic E-state index is 13.8. The van der Waals surface area contributed by atoms with Crippen LogP contribution in [-0.4, -0.2) is 45.2 Å². The number of thioether (sulfide) groups is 1. The van der Waals surface area contributed by atoms with E-state index in [0.29, 0.717) is 33.6 Å². The molecule has 2 aromatic heterocycles. The van der Waals surface area contributed by atoms with Crippen LogP contribution in [-0.2, 0) is 11.3 Å². The Morgan fingerprint density at radius 2 is 1.86 bits per heavy atom. The highest BCUT2D eigenvalue weighted by Gasteiger charge is 2.53. The number of aromatic nitrogens is 2. The summed E-state index contributed by atoms with van der Waals surface area (Å²) in [6, 6.07) is 11.1. The molecule has 0 spiro atoms. The number of pyridine rings is 1. The summed E-state index contributed by atoms with van der Waals surface area (Å²) < 4.78 is 13.7. The number of anilines is 1. The molecule has 0 fully saturated rings. The van der Waals surface area contributed by atoms with Crippen LogP contribution in [0.4, 0.5) is 10.5 Å². The number of imide groups is 1. The van der Waals surface area contributed by atoms with Gasteiger partial charge in [-0.25, -0.2) is 9.78 Å². The van der Waals surface area contributed by atoms with Crippen molar-refractivity contribution in [1.29, 1.82) is 0 Å². The summed E-state index contributed by atoms with van der Waals surface area (Å²) in [5, 5.41) is 0.619. The molecule has 1 atom stereocenters. The molecule has 0 saturated carbocycles. The lowest BCUT2D eigenvalue weighted by Gasteiger charge is -2.25. The summed E-state index contributed by atoms with van der Waals surface area (Å²) in [6.45, 7) is 3.87. The number of fused-ring (bicyclic) bond motifs is 2. The molecule has 4 heterocycles. The average molecular weight is 492 g/mol. The van der Waals surface area contributed by atoms with E-state index in [1.807, 2.05) is 13.8 Å². The normalized spacial score (nSPS) is 17.9. The van der Waals surface area contributed by atoms with E-state index < -0.39 is 11.9 Å². The molecule has 0 aliphatic carbocycles. The number of allylic oxidation sites excluding steroid dienone is 1. The van der Waals surface area contributed by atoms with Crippen molar-refractivity contribution < 1.29 is 23.6 Å². The van der Waals surface area contributed by atoms with Gasteiger partial charge in [0, 0.05) is 18.3 Å². The SMILES string of the molecule is COc1ccc(N2C(=O)C3C(C)=C(C)SC3=[N+](Cc3cc(=O)n4ccccc4n3)C2=O)c(OC)c1. The van der Waals surface area contributed by atoms with Gasteiger partial charge in [-0.15, -0.1) is 4.90 Å². The number of carbonyl (C=O) groups excluding carboxylic acids is 2. The van der Waals surface area contributed by atoms with Gasteiger partial charge in [-0.3, -0.25) is 9.20 Å². The lowest BCUT2D eigenvalue weighted by Crippen LogP contribution is -2.53. The van der Waals surface area contributed by atoms with E-state index in [2.05, 4.69) is 4.98 Å². The summed E-state index contributed by atoms with van der Waals surface area (Å²) in [4.78, 5) is 46.9. The van der Waals surface area contributed by atoms with Crippen LogP contribution in [0.2, 0.25) is 0 Å². The Labute approximate surface area is 205 Å². The van der Waals surface area contributed by atoms with Crippen molar-refractivity contribution in [3.05, 3.63) is 75.2 Å². The van der Waals surface area contributed by atoms with Gasteiger partial charge in [-0.05, 0) is 48.6 Å². The van der Waals surface area contributed by atoms with Crippen molar-refractivity contribution in [3.8, 4) is 11.5 Å². The number of carbonyl (C=O) groups is 2. The largest absolute Gasteiger partial charge is 0.507 e. The Bertz CT molecular complexity index is 1520. The Balaban J connectivity index is 1.64. The lowest BCUT2D eigenvalue weighted by molar-refractivity contribution is -0.444. The smallest absolute Gasteiger partial charge is 0.497 e. The average Bonchev–Trinajstić information content (AvgIpc) is 3.16. The number of ether oxygens (including phenoxy) is 2. The van der Waals surface area contributed by atoms with E-state index in [9.17, 15) is 14.4 Å². The molecule has 10 heteroatoms. The minimum atomic E-state index is -0.605. The Morgan fingerprint density at radius 1 is 1.06 bits per heavy atom. The standard InChI is InChI=1S/C25H23N4O5S/c1-14-15(2)35-24-22(14)23(31)29(18-9-8-17(33-3)12-19(18)34-4)25(32)28(24)13-16-11-21(30)27-10-6-5-7-20(27)26-16/h5-12,22H,13H2,1-4H3/q+1. The first kappa shape index (κ1) is 22.9. The van der Waals surface area contributed by atoms with Crippen LogP contribution in [0, 0.1) is 5.92 Å². The third-order valence-electron chi connectivity index (χ3n) is 6.22. The molecule has 0 bridgehead atoms. The zero-order valence-corrected chi connectivity index (χ0v) is 20.5. The van der Waals surface area contributed by atoms with E-state index >= 15 is 0 Å². The second-order valence-electron chi connectivity index (χ2n) is 8.21. The van der Waals surface area contributed by atoms with Crippen molar-refractivity contribution in [2.24, 2.45) is 5.92 Å². The number of methoxy groups -OCH3 is 2. The van der Waals surface area contributed by atoms with Crippen molar-refractivity contribution in [3.63, 3.8) is 0 Å². The van der Waals surface area contributed by atoms with Gasteiger partial charge in [0.25, 0.3) is 5.56 Å². The monoisotopic (exact) mass is 491 g/mol. The maximum atomic E-state index is 13.8. The zero-order chi connectivity index (χ0) is 24.9. The number of rotatable bonds is 5. The van der Waals surface area contributed by atoms with Crippen LogP contribution in [0.3, 0.4) is 0 Å². The highest BCUT2D eigenvalue weighted by molar-refractivity contribution is 8.17. The first-order chi connectivity index (χ1) is 16.8. The Morgan fingerprint density at radius 3 is 2.60 bits per heavy atom. The van der Waals surface area contributed by atoms with Gasteiger partial charge >= 0.3 is 11.9 Å². The Kier molecular flexibility index (Phi) is 5.68. The predicted octanol–water partition coefficient (Wildman–Crippen LogP) is 3.45. The molecule has 3 aromatic rings. The number of benzene rings is 1. The molecule has 35 heavy (non-hydrogen) atoms. The molecule has 0 radical (unpaired) electrons. The molecule has 9 nitrogen and oxygen atoms in total. The van der Waals surface area contributed by atoms with Crippen LogP contribution >= 0.6 is 11.8 Å². The first-order valence-corrected chi connectivity index (χ1v) is 11.7. The first-order valence-electron chi connectivity index (χ1n) is 10.9. The molecular weight excluding hydrogens is 468 g/mol. The molecule has 2 aliphatic rings. The molecule has 2 aliphatic heterocycles. The van der Waals surface area contributed by atoms with Gasteiger partial charge < -0.3 is 9.47 Å². The molecular formula is C25H23N4O5S+. The summed E-state index contributed by atoms with van der Waals surface area (Å²) >= 11 is 1.41. The number of urea groups is 1. The van der Waals surface area contributed by atoms with Gasteiger partial charge in [-0.2, -0.15) is 9.37 Å². The molecule has 5 rings (SSSR count). The van der Waals surface area contributed by atoms with Crippen molar-refractivity contribution in [1.82, 2.24) is 9.38 Å². The fourth-order valence-corrected chi connectivity index (χ4v) is 5.55. The van der Waals surface area contributed by atoms with Crippen LogP contribution in [0.1, 0.15) is 19.5 Å². The van der Waals surface area contributed by atoms with Crippen LogP contribution < -0.4 is 19.9 Å². The fourth-order valence-electron chi connectivity index (χ4n) is 4.31. The van der Waals surface area contributed by atoms with Crippen LogP contribution in [0.25, 0.3) is 5.65 Å². The summed E-state index contributed by atoms with van der Waals surface area (Å²) in [6.07, 6.45) is 1.64. The number of nitrogens with zero attached hydrogens (tertiary/aromatic N) is 4. The quantitative estimate of drug-likeness (QED) is 0.505. The van der Waals surface area contributed by atoms with E-state index in [1.165, 1.54) is 41.0 Å². The number of amides is 3. The lowest BCUT2D eigenvalue weighted by atomic mass is 9.97. The predicted molar refractivity (Wildman–Crippen MR) is 132 cm³/mol. The second kappa shape index (κ2) is 8.70.